The van der Waals surface area contributed by atoms with Gasteiger partial charge in [0.1, 0.15) is 0 Å². The lowest BCUT2D eigenvalue weighted by molar-refractivity contribution is 0.0909. The standard InChI is InChI=1S/C10H13FN2O2/c1-2-7(14)6-13-10(15)8-4-3-5-12-9(8)11/h3-5,7,14H,2,6H2,1H3,(H,13,15). The average Bonchev–Trinajstić information content (AvgIpc) is 2.26. The first-order valence-electron chi connectivity index (χ1n) is 4.72. The molecule has 0 aliphatic carbocycles. The summed E-state index contributed by atoms with van der Waals surface area (Å²) >= 11 is 0. The van der Waals surface area contributed by atoms with E-state index in [0.29, 0.717) is 6.42 Å². The first-order valence-corrected chi connectivity index (χ1v) is 4.72. The molecule has 1 atom stereocenters. The minimum absolute atomic E-state index is 0.110. The van der Waals surface area contributed by atoms with Crippen LogP contribution in [0.3, 0.4) is 0 Å². The molecule has 1 aromatic rings. The van der Waals surface area contributed by atoms with E-state index in [4.69, 9.17) is 0 Å². The zero-order valence-corrected chi connectivity index (χ0v) is 8.40. The fourth-order valence-corrected chi connectivity index (χ4v) is 1.01. The van der Waals surface area contributed by atoms with E-state index in [1.165, 1.54) is 18.3 Å². The second-order valence-corrected chi connectivity index (χ2v) is 3.11. The van der Waals surface area contributed by atoms with Crippen LogP contribution in [0.2, 0.25) is 0 Å². The minimum atomic E-state index is -0.805. The van der Waals surface area contributed by atoms with Crippen LogP contribution >= 0.6 is 0 Å². The lowest BCUT2D eigenvalue weighted by Gasteiger charge is -2.09. The van der Waals surface area contributed by atoms with Gasteiger partial charge in [0.05, 0.1) is 11.7 Å². The number of hydrogen-bond acceptors (Lipinski definition) is 3. The molecule has 0 spiro atoms. The molecule has 1 heterocycles. The quantitative estimate of drug-likeness (QED) is 0.723. The van der Waals surface area contributed by atoms with Gasteiger partial charge < -0.3 is 10.4 Å². The van der Waals surface area contributed by atoms with Crippen molar-refractivity contribution in [3.63, 3.8) is 0 Å². The molecule has 0 bridgehead atoms. The molecule has 82 valence electrons. The van der Waals surface area contributed by atoms with Gasteiger partial charge in [0.2, 0.25) is 5.95 Å². The minimum Gasteiger partial charge on any atom is -0.391 e. The summed E-state index contributed by atoms with van der Waals surface area (Å²) in [7, 11) is 0. The van der Waals surface area contributed by atoms with Crippen molar-refractivity contribution in [2.24, 2.45) is 0 Å². The molecule has 0 radical (unpaired) electrons. The Bertz CT molecular complexity index is 344. The van der Waals surface area contributed by atoms with Crippen LogP contribution in [0.5, 0.6) is 0 Å². The topological polar surface area (TPSA) is 62.2 Å². The molecule has 0 aliphatic heterocycles. The molecule has 0 saturated carbocycles. The summed E-state index contributed by atoms with van der Waals surface area (Å²) < 4.78 is 13.0. The molecule has 0 aliphatic rings. The fraction of sp³-hybridized carbons (Fsp3) is 0.400. The van der Waals surface area contributed by atoms with Crippen LogP contribution < -0.4 is 5.32 Å². The summed E-state index contributed by atoms with van der Waals surface area (Å²) in [4.78, 5) is 14.7. The number of rotatable bonds is 4. The number of carbonyl (C=O) groups is 1. The second-order valence-electron chi connectivity index (χ2n) is 3.11. The summed E-state index contributed by atoms with van der Waals surface area (Å²) in [6.07, 6.45) is 1.21. The summed E-state index contributed by atoms with van der Waals surface area (Å²) in [5.74, 6) is -1.37. The largest absolute Gasteiger partial charge is 0.391 e. The van der Waals surface area contributed by atoms with E-state index in [-0.39, 0.29) is 12.1 Å². The summed E-state index contributed by atoms with van der Waals surface area (Å²) in [5, 5.41) is 11.6. The molecule has 1 aromatic heterocycles. The molecule has 15 heavy (non-hydrogen) atoms. The number of halogens is 1. The van der Waals surface area contributed by atoms with E-state index in [0.717, 1.165) is 0 Å². The number of aliphatic hydroxyl groups is 1. The number of carbonyl (C=O) groups excluding carboxylic acids is 1. The third-order valence-corrected chi connectivity index (χ3v) is 1.97. The van der Waals surface area contributed by atoms with Gasteiger partial charge in [-0.05, 0) is 18.6 Å². The van der Waals surface area contributed by atoms with Gasteiger partial charge in [0, 0.05) is 12.7 Å². The van der Waals surface area contributed by atoms with Crippen LogP contribution in [0.1, 0.15) is 23.7 Å². The third kappa shape index (κ3) is 3.28. The molecule has 4 nitrogen and oxygen atoms in total. The fourth-order valence-electron chi connectivity index (χ4n) is 1.01. The van der Waals surface area contributed by atoms with E-state index in [9.17, 15) is 14.3 Å². The zero-order valence-electron chi connectivity index (χ0n) is 8.40. The van der Waals surface area contributed by atoms with E-state index >= 15 is 0 Å². The Morgan fingerprint density at radius 3 is 3.07 bits per heavy atom. The molecular weight excluding hydrogens is 199 g/mol. The molecule has 0 saturated heterocycles. The Morgan fingerprint density at radius 1 is 1.73 bits per heavy atom. The molecule has 1 unspecified atom stereocenters. The highest BCUT2D eigenvalue weighted by Gasteiger charge is 2.12. The van der Waals surface area contributed by atoms with Crippen molar-refractivity contribution >= 4 is 5.91 Å². The van der Waals surface area contributed by atoms with Crippen molar-refractivity contribution in [1.29, 1.82) is 0 Å². The first kappa shape index (κ1) is 11.6. The number of amides is 1. The van der Waals surface area contributed by atoms with E-state index in [1.54, 1.807) is 6.92 Å². The summed E-state index contributed by atoms with van der Waals surface area (Å²) in [5.41, 5.74) is -0.110. The van der Waals surface area contributed by atoms with Gasteiger partial charge >= 0.3 is 0 Å². The maximum Gasteiger partial charge on any atom is 0.256 e. The predicted molar refractivity (Wildman–Crippen MR) is 52.8 cm³/mol. The van der Waals surface area contributed by atoms with Gasteiger partial charge in [0.15, 0.2) is 0 Å². The van der Waals surface area contributed by atoms with Gasteiger partial charge in [0.25, 0.3) is 5.91 Å². The highest BCUT2D eigenvalue weighted by molar-refractivity contribution is 5.94. The van der Waals surface area contributed by atoms with Crippen molar-refractivity contribution in [3.05, 3.63) is 29.8 Å². The highest BCUT2D eigenvalue weighted by atomic mass is 19.1. The number of aromatic nitrogens is 1. The molecule has 0 aromatic carbocycles. The Balaban J connectivity index is 2.58. The Kier molecular flexibility index (Phi) is 4.17. The van der Waals surface area contributed by atoms with E-state index < -0.39 is 18.0 Å². The van der Waals surface area contributed by atoms with Gasteiger partial charge in [-0.25, -0.2) is 4.98 Å². The van der Waals surface area contributed by atoms with Crippen LogP contribution in [-0.4, -0.2) is 28.6 Å². The SMILES string of the molecule is CCC(O)CNC(=O)c1cccnc1F. The Morgan fingerprint density at radius 2 is 2.47 bits per heavy atom. The maximum atomic E-state index is 13.0. The number of hydrogen-bond donors (Lipinski definition) is 2. The third-order valence-electron chi connectivity index (χ3n) is 1.97. The van der Waals surface area contributed by atoms with Crippen LogP contribution in [-0.2, 0) is 0 Å². The number of nitrogens with zero attached hydrogens (tertiary/aromatic N) is 1. The monoisotopic (exact) mass is 212 g/mol. The lowest BCUT2D eigenvalue weighted by Crippen LogP contribution is -2.32. The smallest absolute Gasteiger partial charge is 0.256 e. The molecule has 0 fully saturated rings. The second kappa shape index (κ2) is 5.41. The molecular formula is C10H13FN2O2. The van der Waals surface area contributed by atoms with Crippen LogP contribution in [0, 0.1) is 5.95 Å². The van der Waals surface area contributed by atoms with Crippen molar-refractivity contribution in [2.45, 2.75) is 19.4 Å². The van der Waals surface area contributed by atoms with Crippen LogP contribution in [0.15, 0.2) is 18.3 Å². The normalized spacial score (nSPS) is 12.2. The predicted octanol–water partition coefficient (Wildman–Crippen LogP) is 0.721. The van der Waals surface area contributed by atoms with Gasteiger partial charge in [-0.15, -0.1) is 0 Å². The number of nitrogens with one attached hydrogen (secondary N) is 1. The Hall–Kier alpha value is -1.49. The number of pyridine rings is 1. The molecule has 5 heteroatoms. The van der Waals surface area contributed by atoms with Crippen LogP contribution in [0.4, 0.5) is 4.39 Å². The van der Waals surface area contributed by atoms with Gasteiger partial charge in [-0.2, -0.15) is 4.39 Å². The maximum absolute atomic E-state index is 13.0. The van der Waals surface area contributed by atoms with Gasteiger partial charge in [-0.1, -0.05) is 6.92 Å². The van der Waals surface area contributed by atoms with Crippen molar-refractivity contribution in [2.75, 3.05) is 6.54 Å². The highest BCUT2D eigenvalue weighted by Crippen LogP contribution is 2.02. The Labute approximate surface area is 87.1 Å². The first-order chi connectivity index (χ1) is 7.15. The van der Waals surface area contributed by atoms with Crippen LogP contribution in [0.25, 0.3) is 0 Å². The number of aliphatic hydroxyl groups excluding tert-OH is 1. The van der Waals surface area contributed by atoms with Crippen molar-refractivity contribution in [3.8, 4) is 0 Å². The average molecular weight is 212 g/mol. The van der Waals surface area contributed by atoms with E-state index in [2.05, 4.69) is 10.3 Å². The molecule has 1 amide bonds. The van der Waals surface area contributed by atoms with Gasteiger partial charge in [-0.3, -0.25) is 4.79 Å². The van der Waals surface area contributed by atoms with Crippen molar-refractivity contribution < 1.29 is 14.3 Å². The summed E-state index contributed by atoms with van der Waals surface area (Å²) in [6.45, 7) is 1.91. The van der Waals surface area contributed by atoms with E-state index in [1.807, 2.05) is 0 Å². The molecule has 2 N–H and O–H groups in total. The van der Waals surface area contributed by atoms with Crippen molar-refractivity contribution in [1.82, 2.24) is 10.3 Å². The lowest BCUT2D eigenvalue weighted by atomic mass is 10.2. The molecule has 1 rings (SSSR count). The summed E-state index contributed by atoms with van der Waals surface area (Å²) in [6, 6.07) is 2.82. The zero-order chi connectivity index (χ0) is 11.3.